The van der Waals surface area contributed by atoms with E-state index in [1.54, 1.807) is 55.7 Å². The summed E-state index contributed by atoms with van der Waals surface area (Å²) >= 11 is 0. The third-order valence-corrected chi connectivity index (χ3v) is 7.26. The van der Waals surface area contributed by atoms with Gasteiger partial charge in [0.2, 0.25) is 9.84 Å². The number of methoxy groups -OCH3 is 1. The molecule has 0 spiro atoms. The normalized spacial score (nSPS) is 11.1. The first kappa shape index (κ1) is 23.9. The van der Waals surface area contributed by atoms with Gasteiger partial charge in [0.05, 0.1) is 23.3 Å². The van der Waals surface area contributed by atoms with E-state index in [0.717, 1.165) is 11.1 Å². The summed E-state index contributed by atoms with van der Waals surface area (Å²) in [6, 6.07) is 16.4. The summed E-state index contributed by atoms with van der Waals surface area (Å²) in [5.74, 6) is -0.558. The molecule has 0 fully saturated rings. The molecule has 0 bridgehead atoms. The summed E-state index contributed by atoms with van der Waals surface area (Å²) in [5, 5.41) is 12.9. The number of carboxylic acid groups (broad SMARTS) is 1. The monoisotopic (exact) mass is 489 g/mol. The number of nitrogens with zero attached hydrogens (tertiary/aromatic N) is 2. The Bertz CT molecular complexity index is 1470. The van der Waals surface area contributed by atoms with Crippen molar-refractivity contribution < 1.29 is 23.1 Å². The van der Waals surface area contributed by atoms with Crippen molar-refractivity contribution in [2.75, 3.05) is 12.4 Å². The van der Waals surface area contributed by atoms with Crippen molar-refractivity contribution in [3.05, 3.63) is 95.9 Å². The average Bonchev–Trinajstić information content (AvgIpc) is 2.88. The maximum Gasteiger partial charge on any atom is 0.337 e. The number of benzene rings is 2. The van der Waals surface area contributed by atoms with Crippen molar-refractivity contribution in [1.82, 2.24) is 9.97 Å². The van der Waals surface area contributed by atoms with Crippen molar-refractivity contribution in [2.24, 2.45) is 0 Å². The smallest absolute Gasteiger partial charge is 0.337 e. The standard InChI is InChI=1S/C26H23N3O5S/c1-17-13-20(18-5-3-11-27-15-18)14-23(26(30)31)24(17)29-16-19-6-4-12-28-25(19)35(32,33)22-9-7-21(34-2)8-10-22/h3-15,29H,16H2,1-2H3,(H,30,31). The van der Waals surface area contributed by atoms with Crippen molar-refractivity contribution >= 4 is 21.5 Å². The third kappa shape index (κ3) is 4.99. The van der Waals surface area contributed by atoms with Crippen molar-refractivity contribution in [2.45, 2.75) is 23.4 Å². The molecule has 2 aromatic carbocycles. The molecule has 2 N–H and O–H groups in total. The molecule has 0 amide bonds. The molecule has 2 aromatic heterocycles. The summed E-state index contributed by atoms with van der Waals surface area (Å²) in [6.45, 7) is 1.86. The van der Waals surface area contributed by atoms with Crippen LogP contribution in [0.25, 0.3) is 11.1 Å². The second kappa shape index (κ2) is 9.94. The molecule has 9 heteroatoms. The molecule has 0 saturated heterocycles. The van der Waals surface area contributed by atoms with Gasteiger partial charge in [-0.1, -0.05) is 12.1 Å². The highest BCUT2D eigenvalue weighted by atomic mass is 32.2. The van der Waals surface area contributed by atoms with E-state index in [4.69, 9.17) is 4.74 Å². The van der Waals surface area contributed by atoms with Crippen LogP contribution in [0, 0.1) is 6.92 Å². The van der Waals surface area contributed by atoms with E-state index in [9.17, 15) is 18.3 Å². The highest BCUT2D eigenvalue weighted by Crippen LogP contribution is 2.30. The van der Waals surface area contributed by atoms with Crippen LogP contribution in [-0.2, 0) is 16.4 Å². The summed E-state index contributed by atoms with van der Waals surface area (Å²) in [5.41, 5.74) is 3.11. The number of ether oxygens (including phenoxy) is 1. The number of aromatic nitrogens is 2. The lowest BCUT2D eigenvalue weighted by molar-refractivity contribution is 0.0698. The van der Waals surface area contributed by atoms with Crippen LogP contribution in [0.1, 0.15) is 21.5 Å². The highest BCUT2D eigenvalue weighted by Gasteiger charge is 2.23. The fourth-order valence-corrected chi connectivity index (χ4v) is 5.14. The summed E-state index contributed by atoms with van der Waals surface area (Å²) in [7, 11) is -2.41. The molecule has 8 nitrogen and oxygen atoms in total. The van der Waals surface area contributed by atoms with Crippen LogP contribution in [0.2, 0.25) is 0 Å². The Labute approximate surface area is 203 Å². The van der Waals surface area contributed by atoms with Gasteiger partial charge in [0.1, 0.15) is 5.75 Å². The number of nitrogens with one attached hydrogen (secondary N) is 1. The Morgan fingerprint density at radius 3 is 2.43 bits per heavy atom. The largest absolute Gasteiger partial charge is 0.497 e. The Kier molecular flexibility index (Phi) is 6.79. The number of carboxylic acids is 1. The number of hydrogen-bond donors (Lipinski definition) is 2. The Balaban J connectivity index is 1.67. The molecule has 4 aromatic rings. The van der Waals surface area contributed by atoms with Crippen LogP contribution in [0.4, 0.5) is 5.69 Å². The van der Waals surface area contributed by atoms with Crippen molar-refractivity contribution in [3.8, 4) is 16.9 Å². The number of sulfone groups is 1. The van der Waals surface area contributed by atoms with E-state index in [-0.39, 0.29) is 22.0 Å². The average molecular weight is 490 g/mol. The molecule has 0 aliphatic rings. The molecular weight excluding hydrogens is 466 g/mol. The fourth-order valence-electron chi connectivity index (χ4n) is 3.74. The first-order valence-electron chi connectivity index (χ1n) is 10.7. The number of aryl methyl sites for hydroxylation is 1. The second-order valence-corrected chi connectivity index (χ2v) is 9.63. The number of carbonyl (C=O) groups is 1. The van der Waals surface area contributed by atoms with Gasteiger partial charge in [-0.25, -0.2) is 18.2 Å². The van der Waals surface area contributed by atoms with Crippen LogP contribution in [-0.4, -0.2) is 36.6 Å². The predicted molar refractivity (Wildman–Crippen MR) is 131 cm³/mol. The molecular formula is C26H23N3O5S. The molecule has 0 saturated carbocycles. The molecule has 0 radical (unpaired) electrons. The SMILES string of the molecule is COc1ccc(S(=O)(=O)c2ncccc2CNc2c(C)cc(-c3cccnc3)cc2C(=O)O)cc1. The highest BCUT2D eigenvalue weighted by molar-refractivity contribution is 7.91. The van der Waals surface area contributed by atoms with Gasteiger partial charge in [-0.3, -0.25) is 4.98 Å². The van der Waals surface area contributed by atoms with Gasteiger partial charge in [0, 0.05) is 36.3 Å². The number of hydrogen-bond acceptors (Lipinski definition) is 7. The van der Waals surface area contributed by atoms with Crippen LogP contribution in [0.15, 0.2) is 89.2 Å². The first-order chi connectivity index (χ1) is 16.8. The second-order valence-electron chi connectivity index (χ2n) is 7.76. The van der Waals surface area contributed by atoms with E-state index in [1.807, 2.05) is 12.1 Å². The minimum absolute atomic E-state index is 0.0614. The van der Waals surface area contributed by atoms with Gasteiger partial charge in [-0.15, -0.1) is 0 Å². The van der Waals surface area contributed by atoms with Crippen LogP contribution >= 0.6 is 0 Å². The molecule has 0 aliphatic heterocycles. The summed E-state index contributed by atoms with van der Waals surface area (Å²) in [4.78, 5) is 20.4. The summed E-state index contributed by atoms with van der Waals surface area (Å²) < 4.78 is 31.7. The van der Waals surface area contributed by atoms with E-state index >= 15 is 0 Å². The van der Waals surface area contributed by atoms with E-state index < -0.39 is 15.8 Å². The Morgan fingerprint density at radius 1 is 1.03 bits per heavy atom. The van der Waals surface area contributed by atoms with Gasteiger partial charge in [0.25, 0.3) is 0 Å². The van der Waals surface area contributed by atoms with Gasteiger partial charge in [-0.05, 0) is 66.6 Å². The van der Waals surface area contributed by atoms with Gasteiger partial charge < -0.3 is 15.2 Å². The molecule has 178 valence electrons. The zero-order chi connectivity index (χ0) is 25.0. The quantitative estimate of drug-likeness (QED) is 0.369. The van der Waals surface area contributed by atoms with E-state index in [0.29, 0.717) is 22.6 Å². The predicted octanol–water partition coefficient (Wildman–Crippen LogP) is 4.60. The molecule has 0 aliphatic carbocycles. The molecule has 0 unspecified atom stereocenters. The molecule has 0 atom stereocenters. The molecule has 2 heterocycles. The number of rotatable bonds is 8. The van der Waals surface area contributed by atoms with Crippen molar-refractivity contribution in [1.29, 1.82) is 0 Å². The van der Waals surface area contributed by atoms with E-state index in [2.05, 4.69) is 15.3 Å². The van der Waals surface area contributed by atoms with Crippen LogP contribution in [0.3, 0.4) is 0 Å². The maximum absolute atomic E-state index is 13.3. The lowest BCUT2D eigenvalue weighted by Crippen LogP contribution is -2.13. The topological polar surface area (TPSA) is 118 Å². The van der Waals surface area contributed by atoms with Crippen LogP contribution in [0.5, 0.6) is 5.75 Å². The Morgan fingerprint density at radius 2 is 1.77 bits per heavy atom. The zero-order valence-electron chi connectivity index (χ0n) is 19.1. The summed E-state index contributed by atoms with van der Waals surface area (Å²) in [6.07, 6.45) is 4.73. The number of anilines is 1. The van der Waals surface area contributed by atoms with Crippen LogP contribution < -0.4 is 10.1 Å². The minimum Gasteiger partial charge on any atom is -0.497 e. The van der Waals surface area contributed by atoms with Gasteiger partial charge >= 0.3 is 5.97 Å². The lowest BCUT2D eigenvalue weighted by atomic mass is 9.99. The maximum atomic E-state index is 13.3. The number of pyridine rings is 2. The minimum atomic E-state index is -3.91. The molecule has 35 heavy (non-hydrogen) atoms. The first-order valence-corrected chi connectivity index (χ1v) is 12.1. The lowest BCUT2D eigenvalue weighted by Gasteiger charge is -2.16. The third-order valence-electron chi connectivity index (χ3n) is 5.49. The van der Waals surface area contributed by atoms with E-state index in [1.165, 1.54) is 25.4 Å². The zero-order valence-corrected chi connectivity index (χ0v) is 19.9. The van der Waals surface area contributed by atoms with Gasteiger partial charge in [-0.2, -0.15) is 0 Å². The van der Waals surface area contributed by atoms with Gasteiger partial charge in [0.15, 0.2) is 5.03 Å². The fraction of sp³-hybridized carbons (Fsp3) is 0.115. The molecule has 4 rings (SSSR count). The number of aromatic carboxylic acids is 1. The van der Waals surface area contributed by atoms with Crippen molar-refractivity contribution in [3.63, 3.8) is 0 Å². The Hall–Kier alpha value is -4.24.